The van der Waals surface area contributed by atoms with E-state index in [9.17, 15) is 14.4 Å². The van der Waals surface area contributed by atoms with Crippen molar-refractivity contribution in [1.29, 1.82) is 0 Å². The van der Waals surface area contributed by atoms with Crippen LogP contribution in [-0.2, 0) is 9.59 Å². The van der Waals surface area contributed by atoms with Crippen molar-refractivity contribution >= 4 is 45.0 Å². The van der Waals surface area contributed by atoms with E-state index in [0.29, 0.717) is 33.7 Å². The summed E-state index contributed by atoms with van der Waals surface area (Å²) in [5.74, 6) is -1.74. The third kappa shape index (κ3) is 4.52. The lowest BCUT2D eigenvalue weighted by atomic mass is 9.90. The molecule has 0 saturated heterocycles. The van der Waals surface area contributed by atoms with Gasteiger partial charge in [0, 0.05) is 35.7 Å². The molecule has 3 aromatic rings. The van der Waals surface area contributed by atoms with Crippen LogP contribution in [0.3, 0.4) is 0 Å². The number of pyridine rings is 1. The quantitative estimate of drug-likeness (QED) is 0.500. The van der Waals surface area contributed by atoms with Crippen molar-refractivity contribution in [3.05, 3.63) is 75.2 Å². The van der Waals surface area contributed by atoms with E-state index in [1.807, 2.05) is 19.1 Å². The molecule has 9 heteroatoms. The zero-order valence-electron chi connectivity index (χ0n) is 17.2. The molecule has 2 atom stereocenters. The Bertz CT molecular complexity index is 1170. The van der Waals surface area contributed by atoms with E-state index in [4.69, 9.17) is 11.6 Å². The predicted octanol–water partition coefficient (Wildman–Crippen LogP) is 4.05. The number of amides is 1. The highest BCUT2D eigenvalue weighted by molar-refractivity contribution is 9.10. The molecule has 1 fully saturated rings. The van der Waals surface area contributed by atoms with Crippen LogP contribution in [0.5, 0.6) is 0 Å². The van der Waals surface area contributed by atoms with Crippen molar-refractivity contribution in [2.75, 3.05) is 6.54 Å². The van der Waals surface area contributed by atoms with E-state index in [0.717, 1.165) is 11.3 Å². The summed E-state index contributed by atoms with van der Waals surface area (Å²) in [6.07, 6.45) is 5.35. The number of Topliss-reactive ketones (excluding diaryl/α,β-unsaturated/α-hetero) is 2. The number of halogens is 2. The summed E-state index contributed by atoms with van der Waals surface area (Å²) in [5, 5.41) is 7.49. The van der Waals surface area contributed by atoms with Crippen LogP contribution in [0.25, 0.3) is 5.69 Å². The molecule has 0 spiro atoms. The fourth-order valence-electron chi connectivity index (χ4n) is 4.03. The van der Waals surface area contributed by atoms with Gasteiger partial charge in [-0.3, -0.25) is 19.4 Å². The van der Waals surface area contributed by atoms with Gasteiger partial charge in [-0.1, -0.05) is 33.6 Å². The standard InChI is InChI=1S/C23H20BrClN4O3/c1-13-8-16(29-12-15(25)11-28-29)10-17(24)20(13)21-19(30)9-14(22(21)31)5-7-27-23(32)18-4-2-3-6-26-18/h2-4,6,8,10-12,14,21H,5,7,9H2,1H3,(H,27,32). The van der Waals surface area contributed by atoms with Gasteiger partial charge in [-0.05, 0) is 48.7 Å². The minimum atomic E-state index is -0.809. The second kappa shape index (κ2) is 9.34. The molecule has 2 unspecified atom stereocenters. The molecule has 4 rings (SSSR count). The molecule has 164 valence electrons. The average Bonchev–Trinajstić information content (AvgIpc) is 3.32. The molecular formula is C23H20BrClN4O3. The van der Waals surface area contributed by atoms with Crippen LogP contribution in [0.1, 0.15) is 40.4 Å². The van der Waals surface area contributed by atoms with Crippen LogP contribution in [-0.4, -0.2) is 38.8 Å². The van der Waals surface area contributed by atoms with E-state index in [2.05, 4.69) is 31.3 Å². The first-order valence-electron chi connectivity index (χ1n) is 10.1. The molecule has 7 nitrogen and oxygen atoms in total. The molecule has 1 aliphatic rings. The van der Waals surface area contributed by atoms with Gasteiger partial charge in [0.2, 0.25) is 0 Å². The summed E-state index contributed by atoms with van der Waals surface area (Å²) in [5.41, 5.74) is 2.59. The second-order valence-corrected chi connectivity index (χ2v) is 9.01. The van der Waals surface area contributed by atoms with Crippen LogP contribution < -0.4 is 5.32 Å². The lowest BCUT2D eigenvalue weighted by Crippen LogP contribution is -2.27. The largest absolute Gasteiger partial charge is 0.351 e. The smallest absolute Gasteiger partial charge is 0.269 e. The molecule has 1 saturated carbocycles. The third-order valence-corrected chi connectivity index (χ3v) is 6.41. The molecule has 1 amide bonds. The maximum atomic E-state index is 13.1. The summed E-state index contributed by atoms with van der Waals surface area (Å²) in [7, 11) is 0. The Kier molecular flexibility index (Phi) is 6.53. The Morgan fingerprint density at radius 1 is 1.31 bits per heavy atom. The molecule has 2 heterocycles. The first-order valence-corrected chi connectivity index (χ1v) is 11.3. The Labute approximate surface area is 198 Å². The van der Waals surface area contributed by atoms with E-state index in [1.54, 1.807) is 41.5 Å². The Balaban J connectivity index is 1.46. The highest BCUT2D eigenvalue weighted by Gasteiger charge is 2.43. The maximum absolute atomic E-state index is 13.1. The topological polar surface area (TPSA) is 93.9 Å². The first-order chi connectivity index (χ1) is 15.3. The van der Waals surface area contributed by atoms with Crippen LogP contribution in [0.2, 0.25) is 5.02 Å². The van der Waals surface area contributed by atoms with E-state index < -0.39 is 11.8 Å². The predicted molar refractivity (Wildman–Crippen MR) is 123 cm³/mol. The number of rotatable bonds is 6. The van der Waals surface area contributed by atoms with E-state index >= 15 is 0 Å². The number of ketones is 2. The van der Waals surface area contributed by atoms with Gasteiger partial charge in [0.15, 0.2) is 5.78 Å². The van der Waals surface area contributed by atoms with Gasteiger partial charge >= 0.3 is 0 Å². The number of aromatic nitrogens is 3. The van der Waals surface area contributed by atoms with Gasteiger partial charge in [0.1, 0.15) is 17.4 Å². The Morgan fingerprint density at radius 3 is 2.78 bits per heavy atom. The van der Waals surface area contributed by atoms with Gasteiger partial charge in [-0.15, -0.1) is 0 Å². The fourth-order valence-corrected chi connectivity index (χ4v) is 4.94. The lowest BCUT2D eigenvalue weighted by molar-refractivity contribution is -0.124. The minimum absolute atomic E-state index is 0.102. The number of hydrogen-bond acceptors (Lipinski definition) is 5. The van der Waals surface area contributed by atoms with Crippen molar-refractivity contribution in [1.82, 2.24) is 20.1 Å². The number of nitrogens with one attached hydrogen (secondary N) is 1. The normalized spacial score (nSPS) is 18.2. The number of hydrogen-bond donors (Lipinski definition) is 1. The minimum Gasteiger partial charge on any atom is -0.351 e. The van der Waals surface area contributed by atoms with Crippen molar-refractivity contribution in [2.45, 2.75) is 25.7 Å². The van der Waals surface area contributed by atoms with Crippen molar-refractivity contribution in [2.24, 2.45) is 5.92 Å². The summed E-state index contributed by atoms with van der Waals surface area (Å²) in [6, 6.07) is 8.79. The summed E-state index contributed by atoms with van der Waals surface area (Å²) in [4.78, 5) is 42.1. The number of carbonyl (C=O) groups is 3. The fraction of sp³-hybridized carbons (Fsp3) is 0.261. The second-order valence-electron chi connectivity index (χ2n) is 7.72. The Hall–Kier alpha value is -2.84. The third-order valence-electron chi connectivity index (χ3n) is 5.56. The molecule has 1 aliphatic carbocycles. The summed E-state index contributed by atoms with van der Waals surface area (Å²) < 4.78 is 2.31. The SMILES string of the molecule is Cc1cc(-n2cc(Cl)cn2)cc(Br)c1C1C(=O)CC(CCNC(=O)c2ccccn2)C1=O. The Morgan fingerprint density at radius 2 is 2.12 bits per heavy atom. The van der Waals surface area contributed by atoms with Crippen LogP contribution in [0.4, 0.5) is 0 Å². The highest BCUT2D eigenvalue weighted by Crippen LogP contribution is 2.39. The maximum Gasteiger partial charge on any atom is 0.269 e. The summed E-state index contributed by atoms with van der Waals surface area (Å²) in [6.45, 7) is 2.17. The molecule has 2 aromatic heterocycles. The average molecular weight is 516 g/mol. The first kappa shape index (κ1) is 22.4. The van der Waals surface area contributed by atoms with Crippen LogP contribution >= 0.6 is 27.5 Å². The van der Waals surface area contributed by atoms with Gasteiger partial charge < -0.3 is 5.32 Å². The molecule has 0 aliphatic heterocycles. The van der Waals surface area contributed by atoms with Crippen molar-refractivity contribution in [3.63, 3.8) is 0 Å². The van der Waals surface area contributed by atoms with E-state index in [-0.39, 0.29) is 23.9 Å². The van der Waals surface area contributed by atoms with Gasteiger partial charge in [-0.25, -0.2) is 4.68 Å². The molecule has 0 radical (unpaired) electrons. The number of benzene rings is 1. The number of aryl methyl sites for hydroxylation is 1. The molecule has 1 N–H and O–H groups in total. The van der Waals surface area contributed by atoms with Gasteiger partial charge in [-0.2, -0.15) is 5.10 Å². The van der Waals surface area contributed by atoms with Crippen molar-refractivity contribution in [3.8, 4) is 5.69 Å². The lowest BCUT2D eigenvalue weighted by Gasteiger charge is -2.16. The highest BCUT2D eigenvalue weighted by atomic mass is 79.9. The molecule has 32 heavy (non-hydrogen) atoms. The monoisotopic (exact) mass is 514 g/mol. The zero-order chi connectivity index (χ0) is 22.8. The molecule has 0 bridgehead atoms. The number of carbonyl (C=O) groups excluding carboxylic acids is 3. The van der Waals surface area contributed by atoms with E-state index in [1.165, 1.54) is 0 Å². The summed E-state index contributed by atoms with van der Waals surface area (Å²) >= 11 is 9.50. The van der Waals surface area contributed by atoms with Crippen molar-refractivity contribution < 1.29 is 14.4 Å². The zero-order valence-corrected chi connectivity index (χ0v) is 19.6. The number of nitrogens with zero attached hydrogens (tertiary/aromatic N) is 3. The molecule has 1 aromatic carbocycles. The van der Waals surface area contributed by atoms with Gasteiger partial charge in [0.05, 0.1) is 16.9 Å². The molecular weight excluding hydrogens is 496 g/mol. The van der Waals surface area contributed by atoms with Gasteiger partial charge in [0.25, 0.3) is 5.91 Å². The van der Waals surface area contributed by atoms with Crippen LogP contribution in [0.15, 0.2) is 53.4 Å². The van der Waals surface area contributed by atoms with Crippen LogP contribution in [0, 0.1) is 12.8 Å².